The van der Waals surface area contributed by atoms with E-state index in [2.05, 4.69) is 44.9 Å². The number of ether oxygens (including phenoxy) is 1. The lowest BCUT2D eigenvalue weighted by atomic mass is 10.0. The van der Waals surface area contributed by atoms with Crippen molar-refractivity contribution in [3.05, 3.63) is 29.8 Å². The van der Waals surface area contributed by atoms with Gasteiger partial charge in [0.2, 0.25) is 0 Å². The predicted molar refractivity (Wildman–Crippen MR) is 81.5 cm³/mol. The summed E-state index contributed by atoms with van der Waals surface area (Å²) in [7, 11) is 2.14. The highest BCUT2D eigenvalue weighted by molar-refractivity contribution is 5.30. The van der Waals surface area contributed by atoms with Crippen LogP contribution in [0.1, 0.15) is 38.8 Å². The zero-order valence-corrected chi connectivity index (χ0v) is 12.7. The highest BCUT2D eigenvalue weighted by Gasteiger charge is 2.16. The van der Waals surface area contributed by atoms with Crippen LogP contribution in [0, 0.1) is 5.92 Å². The molecule has 1 aromatic carbocycles. The molecule has 1 rings (SSSR count). The Morgan fingerprint density at radius 3 is 2.63 bits per heavy atom. The molecule has 19 heavy (non-hydrogen) atoms. The lowest BCUT2D eigenvalue weighted by Crippen LogP contribution is -2.33. The molecule has 0 fully saturated rings. The van der Waals surface area contributed by atoms with Gasteiger partial charge in [0.25, 0.3) is 0 Å². The summed E-state index contributed by atoms with van der Waals surface area (Å²) in [6.07, 6.45) is 1.03. The number of nitrogens with two attached hydrogens (primary N) is 1. The third-order valence-electron chi connectivity index (χ3n) is 3.12. The van der Waals surface area contributed by atoms with Gasteiger partial charge in [0, 0.05) is 19.1 Å². The van der Waals surface area contributed by atoms with E-state index in [9.17, 15) is 0 Å². The molecule has 0 saturated heterocycles. The van der Waals surface area contributed by atoms with Crippen LogP contribution in [0.25, 0.3) is 0 Å². The van der Waals surface area contributed by atoms with E-state index in [0.29, 0.717) is 12.5 Å². The molecule has 0 aliphatic rings. The maximum atomic E-state index is 5.95. The van der Waals surface area contributed by atoms with Crippen molar-refractivity contribution in [3.8, 4) is 5.75 Å². The smallest absolute Gasteiger partial charge is 0.119 e. The van der Waals surface area contributed by atoms with Gasteiger partial charge in [-0.15, -0.1) is 0 Å². The first kappa shape index (κ1) is 16.0. The second-order valence-electron chi connectivity index (χ2n) is 5.51. The van der Waals surface area contributed by atoms with Gasteiger partial charge in [0.15, 0.2) is 0 Å². The minimum atomic E-state index is 0.257. The van der Waals surface area contributed by atoms with E-state index in [1.54, 1.807) is 0 Å². The molecule has 0 heterocycles. The number of benzene rings is 1. The molecular formula is C16H28N2O. The van der Waals surface area contributed by atoms with Gasteiger partial charge < -0.3 is 10.5 Å². The van der Waals surface area contributed by atoms with E-state index < -0.39 is 0 Å². The fourth-order valence-corrected chi connectivity index (χ4v) is 2.31. The zero-order valence-electron chi connectivity index (χ0n) is 12.7. The number of likely N-dealkylation sites (N-methyl/N-ethyl adjacent to an activating group) is 1. The summed E-state index contributed by atoms with van der Waals surface area (Å²) in [5.41, 5.74) is 7.18. The van der Waals surface area contributed by atoms with E-state index in [4.69, 9.17) is 10.5 Å². The Bertz CT molecular complexity index is 366. The number of hydrogen-bond donors (Lipinski definition) is 1. The van der Waals surface area contributed by atoms with Crippen LogP contribution in [0.3, 0.4) is 0 Å². The van der Waals surface area contributed by atoms with Gasteiger partial charge in [-0.3, -0.25) is 4.90 Å². The van der Waals surface area contributed by atoms with Gasteiger partial charge in [0.05, 0.1) is 6.61 Å². The Kier molecular flexibility index (Phi) is 6.89. The van der Waals surface area contributed by atoms with Gasteiger partial charge in [-0.1, -0.05) is 32.9 Å². The molecule has 0 saturated carbocycles. The summed E-state index contributed by atoms with van der Waals surface area (Å²) < 4.78 is 5.69. The summed E-state index contributed by atoms with van der Waals surface area (Å²) in [5.74, 6) is 1.58. The molecule has 0 radical (unpaired) electrons. The van der Waals surface area contributed by atoms with Crippen LogP contribution in [-0.4, -0.2) is 31.6 Å². The summed E-state index contributed by atoms with van der Waals surface area (Å²) in [6, 6.07) is 8.56. The largest absolute Gasteiger partial charge is 0.494 e. The van der Waals surface area contributed by atoms with Crippen LogP contribution in [0.2, 0.25) is 0 Å². The third-order valence-corrected chi connectivity index (χ3v) is 3.12. The maximum absolute atomic E-state index is 5.95. The van der Waals surface area contributed by atoms with Crippen LogP contribution in [0.15, 0.2) is 24.3 Å². The molecule has 1 atom stereocenters. The fourth-order valence-electron chi connectivity index (χ4n) is 2.31. The van der Waals surface area contributed by atoms with Gasteiger partial charge >= 0.3 is 0 Å². The van der Waals surface area contributed by atoms with E-state index in [-0.39, 0.29) is 6.04 Å². The fraction of sp³-hybridized carbons (Fsp3) is 0.625. The molecule has 2 N–H and O–H groups in total. The summed E-state index contributed by atoms with van der Waals surface area (Å²) in [5, 5.41) is 0. The highest BCUT2D eigenvalue weighted by atomic mass is 16.5. The molecule has 0 aliphatic heterocycles. The second-order valence-corrected chi connectivity index (χ2v) is 5.51. The molecule has 0 aromatic heterocycles. The van der Waals surface area contributed by atoms with Crippen molar-refractivity contribution in [2.45, 2.75) is 33.2 Å². The average molecular weight is 264 g/mol. The first-order chi connectivity index (χ1) is 9.08. The standard InChI is InChI=1S/C16H28N2O/c1-5-9-19-15-8-6-7-14(10-15)16(11-17)18(4)12-13(2)3/h6-8,10,13,16H,5,9,11-12,17H2,1-4H3. The lowest BCUT2D eigenvalue weighted by molar-refractivity contribution is 0.223. The minimum Gasteiger partial charge on any atom is -0.494 e. The molecule has 108 valence electrons. The lowest BCUT2D eigenvalue weighted by Gasteiger charge is -2.29. The van der Waals surface area contributed by atoms with Crippen LogP contribution >= 0.6 is 0 Å². The average Bonchev–Trinajstić information content (AvgIpc) is 2.37. The van der Waals surface area contributed by atoms with Crippen LogP contribution in [-0.2, 0) is 0 Å². The van der Waals surface area contributed by atoms with E-state index in [1.807, 2.05) is 12.1 Å². The van der Waals surface area contributed by atoms with Crippen LogP contribution < -0.4 is 10.5 Å². The van der Waals surface area contributed by atoms with E-state index in [1.165, 1.54) is 5.56 Å². The molecule has 3 nitrogen and oxygen atoms in total. The first-order valence-electron chi connectivity index (χ1n) is 7.21. The Labute approximate surface area is 117 Å². The number of hydrogen-bond acceptors (Lipinski definition) is 3. The molecule has 3 heteroatoms. The molecule has 0 amide bonds. The Hall–Kier alpha value is -1.06. The van der Waals surface area contributed by atoms with Crippen molar-refractivity contribution in [3.63, 3.8) is 0 Å². The van der Waals surface area contributed by atoms with Gasteiger partial charge in [-0.25, -0.2) is 0 Å². The topological polar surface area (TPSA) is 38.5 Å². The third kappa shape index (κ3) is 5.21. The molecule has 0 bridgehead atoms. The predicted octanol–water partition coefficient (Wildman–Crippen LogP) is 3.06. The van der Waals surface area contributed by atoms with Crippen molar-refractivity contribution < 1.29 is 4.74 Å². The Morgan fingerprint density at radius 2 is 2.05 bits per heavy atom. The first-order valence-corrected chi connectivity index (χ1v) is 7.21. The van der Waals surface area contributed by atoms with Crippen molar-refractivity contribution in [1.29, 1.82) is 0 Å². The maximum Gasteiger partial charge on any atom is 0.119 e. The monoisotopic (exact) mass is 264 g/mol. The Morgan fingerprint density at radius 1 is 1.32 bits per heavy atom. The van der Waals surface area contributed by atoms with Crippen molar-refractivity contribution in [2.75, 3.05) is 26.7 Å². The van der Waals surface area contributed by atoms with E-state index in [0.717, 1.165) is 25.3 Å². The number of nitrogens with zero attached hydrogens (tertiary/aromatic N) is 1. The van der Waals surface area contributed by atoms with Gasteiger partial charge in [-0.2, -0.15) is 0 Å². The highest BCUT2D eigenvalue weighted by Crippen LogP contribution is 2.23. The van der Waals surface area contributed by atoms with Gasteiger partial charge in [-0.05, 0) is 37.1 Å². The molecule has 1 aromatic rings. The summed E-state index contributed by atoms with van der Waals surface area (Å²) in [4.78, 5) is 2.32. The number of rotatable bonds is 8. The van der Waals surface area contributed by atoms with Crippen molar-refractivity contribution in [1.82, 2.24) is 4.90 Å². The van der Waals surface area contributed by atoms with Crippen molar-refractivity contribution in [2.24, 2.45) is 11.7 Å². The molecule has 1 unspecified atom stereocenters. The van der Waals surface area contributed by atoms with Crippen LogP contribution in [0.4, 0.5) is 0 Å². The summed E-state index contributed by atoms with van der Waals surface area (Å²) >= 11 is 0. The zero-order chi connectivity index (χ0) is 14.3. The summed E-state index contributed by atoms with van der Waals surface area (Å²) in [6.45, 7) is 9.00. The minimum absolute atomic E-state index is 0.257. The normalized spacial score (nSPS) is 13.0. The van der Waals surface area contributed by atoms with Crippen LogP contribution in [0.5, 0.6) is 5.75 Å². The van der Waals surface area contributed by atoms with Gasteiger partial charge in [0.1, 0.15) is 5.75 Å². The molecule has 0 aliphatic carbocycles. The van der Waals surface area contributed by atoms with E-state index >= 15 is 0 Å². The Balaban J connectivity index is 2.79. The quantitative estimate of drug-likeness (QED) is 0.784. The van der Waals surface area contributed by atoms with Crippen molar-refractivity contribution >= 4 is 0 Å². The SMILES string of the molecule is CCCOc1cccc(C(CN)N(C)CC(C)C)c1. The molecule has 0 spiro atoms. The second kappa shape index (κ2) is 8.18. The molecular weight excluding hydrogens is 236 g/mol.